The van der Waals surface area contributed by atoms with Crippen molar-refractivity contribution >= 4 is 24.2 Å². The Balaban J connectivity index is 2.85. The van der Waals surface area contributed by atoms with Crippen molar-refractivity contribution in [3.8, 4) is 0 Å². The predicted octanol–water partition coefficient (Wildman–Crippen LogP) is 3.12. The Kier molecular flexibility index (Phi) is 2.43. The zero-order valence-corrected chi connectivity index (χ0v) is 6.32. The summed E-state index contributed by atoms with van der Waals surface area (Å²) in [6, 6.07) is 9.64. The molecular weight excluding hydrogens is 152 g/mol. The molecule has 0 spiro atoms. The van der Waals surface area contributed by atoms with Gasteiger partial charge in [0.15, 0.2) is 0 Å². The Bertz CT molecular complexity index is 172. The summed E-state index contributed by atoms with van der Waals surface area (Å²) in [5.41, 5.74) is 0.995. The number of hydrogen-bond donors (Lipinski definition) is 0. The van der Waals surface area contributed by atoms with Crippen LogP contribution in [-0.2, 0) is 0 Å². The van der Waals surface area contributed by atoms with E-state index in [2.05, 4.69) is 0 Å². The van der Waals surface area contributed by atoms with Crippen LogP contribution in [0.5, 0.6) is 0 Å². The Morgan fingerprint density at radius 1 is 1.22 bits per heavy atom. The molecule has 1 rings (SSSR count). The molecule has 0 aliphatic heterocycles. The van der Waals surface area contributed by atoms with Crippen molar-refractivity contribution in [1.82, 2.24) is 0 Å². The Morgan fingerprint density at radius 2 is 1.78 bits per heavy atom. The average molecular weight is 158 g/mol. The molecule has 0 saturated heterocycles. The van der Waals surface area contributed by atoms with Crippen LogP contribution >= 0.6 is 24.2 Å². The summed E-state index contributed by atoms with van der Waals surface area (Å²) in [6.07, 6.45) is 0. The van der Waals surface area contributed by atoms with Crippen molar-refractivity contribution in [2.45, 2.75) is 4.71 Å². The van der Waals surface area contributed by atoms with E-state index in [-0.39, 0.29) is 4.71 Å². The molecule has 0 bridgehead atoms. The number of rotatable bonds is 1. The lowest BCUT2D eigenvalue weighted by atomic mass is 10.2. The summed E-state index contributed by atoms with van der Waals surface area (Å²) in [4.78, 5) is 0. The van der Waals surface area contributed by atoms with E-state index < -0.39 is 0 Å². The minimum absolute atomic E-state index is 0.286. The van der Waals surface area contributed by atoms with E-state index in [0.717, 1.165) is 5.56 Å². The number of halogens is 1. The lowest BCUT2D eigenvalue weighted by molar-refractivity contribution is 1.38. The normalized spacial score (nSPS) is 13.1. The van der Waals surface area contributed by atoms with E-state index in [9.17, 15) is 0 Å². The molecule has 0 fully saturated rings. The van der Waals surface area contributed by atoms with Crippen molar-refractivity contribution in [3.63, 3.8) is 0 Å². The van der Waals surface area contributed by atoms with E-state index in [0.29, 0.717) is 0 Å². The SMILES string of the molecule is [S]C(Cl)c1ccccc1. The molecule has 1 aromatic rings. The van der Waals surface area contributed by atoms with Crippen molar-refractivity contribution in [2.75, 3.05) is 0 Å². The first-order valence-electron chi connectivity index (χ1n) is 2.65. The second-order valence-corrected chi connectivity index (χ2v) is 2.89. The lowest BCUT2D eigenvalue weighted by Gasteiger charge is -1.97. The quantitative estimate of drug-likeness (QED) is 0.550. The highest BCUT2D eigenvalue weighted by atomic mass is 35.5. The molecule has 47 valence electrons. The maximum absolute atomic E-state index is 5.62. The van der Waals surface area contributed by atoms with Gasteiger partial charge in [0.25, 0.3) is 0 Å². The fraction of sp³-hybridized carbons (Fsp3) is 0.143. The molecule has 9 heavy (non-hydrogen) atoms. The molecule has 0 aliphatic carbocycles. The summed E-state index contributed by atoms with van der Waals surface area (Å²) in [6.45, 7) is 0. The fourth-order valence-corrected chi connectivity index (χ4v) is 0.907. The zero-order chi connectivity index (χ0) is 6.69. The molecule has 0 N–H and O–H groups in total. The van der Waals surface area contributed by atoms with Crippen LogP contribution in [-0.4, -0.2) is 0 Å². The fourth-order valence-electron chi connectivity index (χ4n) is 0.604. The standard InChI is InChI=1S/C7H6ClS/c8-7(9)6-4-2-1-3-5-6/h1-5,7H. The first kappa shape index (κ1) is 6.97. The van der Waals surface area contributed by atoms with Gasteiger partial charge in [0.05, 0.1) is 0 Å². The smallest absolute Gasteiger partial charge is 0.105 e. The second kappa shape index (κ2) is 3.14. The van der Waals surface area contributed by atoms with E-state index in [1.807, 2.05) is 30.3 Å². The van der Waals surface area contributed by atoms with Crippen LogP contribution in [0.3, 0.4) is 0 Å². The summed E-state index contributed by atoms with van der Waals surface area (Å²) >= 11 is 10.4. The maximum atomic E-state index is 5.62. The molecule has 2 heteroatoms. The van der Waals surface area contributed by atoms with Crippen molar-refractivity contribution in [1.29, 1.82) is 0 Å². The van der Waals surface area contributed by atoms with Crippen molar-refractivity contribution in [2.24, 2.45) is 0 Å². The maximum Gasteiger partial charge on any atom is 0.114 e. The van der Waals surface area contributed by atoms with Crippen LogP contribution in [0.15, 0.2) is 30.3 Å². The Morgan fingerprint density at radius 3 is 2.11 bits per heavy atom. The van der Waals surface area contributed by atoms with Gasteiger partial charge in [0.1, 0.15) is 4.71 Å². The Hall–Kier alpha value is -0.140. The number of benzene rings is 1. The topological polar surface area (TPSA) is 0 Å². The lowest BCUT2D eigenvalue weighted by Crippen LogP contribution is -1.77. The molecular formula is C7H6ClS. The largest absolute Gasteiger partial charge is 0.114 e. The minimum Gasteiger partial charge on any atom is -0.105 e. The monoisotopic (exact) mass is 157 g/mol. The molecule has 0 amide bonds. The third kappa shape index (κ3) is 1.92. The van der Waals surface area contributed by atoms with Gasteiger partial charge in [-0.2, -0.15) is 0 Å². The molecule has 1 aromatic carbocycles. The minimum atomic E-state index is -0.286. The highest BCUT2D eigenvalue weighted by Crippen LogP contribution is 2.22. The molecule has 0 heterocycles. The third-order valence-corrected chi connectivity index (χ3v) is 1.59. The van der Waals surface area contributed by atoms with Crippen LogP contribution in [0, 0.1) is 0 Å². The highest BCUT2D eigenvalue weighted by Gasteiger charge is 1.98. The molecule has 1 atom stereocenters. The molecule has 1 unspecified atom stereocenters. The van der Waals surface area contributed by atoms with Gasteiger partial charge in [-0.15, -0.1) is 11.6 Å². The van der Waals surface area contributed by atoms with Gasteiger partial charge >= 0.3 is 0 Å². The van der Waals surface area contributed by atoms with Gasteiger partial charge in [0.2, 0.25) is 0 Å². The van der Waals surface area contributed by atoms with Crippen molar-refractivity contribution in [3.05, 3.63) is 35.9 Å². The molecule has 0 saturated carbocycles. The first-order valence-corrected chi connectivity index (χ1v) is 3.56. The summed E-state index contributed by atoms with van der Waals surface area (Å²) in [5, 5.41) is 0. The molecule has 0 aliphatic rings. The first-order chi connectivity index (χ1) is 4.30. The van der Waals surface area contributed by atoms with Gasteiger partial charge < -0.3 is 0 Å². The Labute approximate surface area is 65.3 Å². The number of hydrogen-bond acceptors (Lipinski definition) is 0. The van der Waals surface area contributed by atoms with E-state index in [1.54, 1.807) is 0 Å². The zero-order valence-electron chi connectivity index (χ0n) is 4.75. The average Bonchev–Trinajstić information content (AvgIpc) is 1.90. The number of alkyl halides is 1. The second-order valence-electron chi connectivity index (χ2n) is 1.73. The summed E-state index contributed by atoms with van der Waals surface area (Å²) < 4.78 is -0.286. The van der Waals surface area contributed by atoms with Gasteiger partial charge in [-0.05, 0) is 5.56 Å². The van der Waals surface area contributed by atoms with Crippen molar-refractivity contribution < 1.29 is 0 Å². The van der Waals surface area contributed by atoms with Crippen LogP contribution in [0.4, 0.5) is 0 Å². The van der Waals surface area contributed by atoms with Gasteiger partial charge in [-0.25, -0.2) is 0 Å². The predicted molar refractivity (Wildman–Crippen MR) is 42.6 cm³/mol. The van der Waals surface area contributed by atoms with E-state index in [4.69, 9.17) is 24.2 Å². The van der Waals surface area contributed by atoms with E-state index in [1.165, 1.54) is 0 Å². The highest BCUT2D eigenvalue weighted by molar-refractivity contribution is 7.81. The molecule has 0 aromatic heterocycles. The van der Waals surface area contributed by atoms with Crippen LogP contribution in [0.2, 0.25) is 0 Å². The van der Waals surface area contributed by atoms with Crippen LogP contribution in [0.25, 0.3) is 0 Å². The summed E-state index contributed by atoms with van der Waals surface area (Å²) in [7, 11) is 0. The third-order valence-electron chi connectivity index (χ3n) is 1.06. The molecule has 1 radical (unpaired) electrons. The van der Waals surface area contributed by atoms with E-state index >= 15 is 0 Å². The van der Waals surface area contributed by atoms with Crippen LogP contribution in [0.1, 0.15) is 10.3 Å². The van der Waals surface area contributed by atoms with Crippen LogP contribution < -0.4 is 0 Å². The van der Waals surface area contributed by atoms with Gasteiger partial charge in [-0.3, -0.25) is 0 Å². The molecule has 0 nitrogen and oxygen atoms in total. The van der Waals surface area contributed by atoms with Gasteiger partial charge in [-0.1, -0.05) is 43.0 Å². The van der Waals surface area contributed by atoms with Gasteiger partial charge in [0, 0.05) is 0 Å². The summed E-state index contributed by atoms with van der Waals surface area (Å²) in [5.74, 6) is 0.